The molecule has 0 aliphatic heterocycles. The van der Waals surface area contributed by atoms with Crippen LogP contribution in [0.5, 0.6) is 0 Å². The average molecular weight is 224 g/mol. The molecule has 17 heavy (non-hydrogen) atoms. The van der Waals surface area contributed by atoms with Crippen LogP contribution in [0.3, 0.4) is 0 Å². The van der Waals surface area contributed by atoms with Gasteiger partial charge in [-0.3, -0.25) is 0 Å². The van der Waals surface area contributed by atoms with E-state index in [9.17, 15) is 0 Å². The summed E-state index contributed by atoms with van der Waals surface area (Å²) in [6, 6.07) is 10.4. The predicted octanol–water partition coefficient (Wildman–Crippen LogP) is 2.46. The van der Waals surface area contributed by atoms with Crippen molar-refractivity contribution in [2.24, 2.45) is 0 Å². The minimum absolute atomic E-state index is 0.681. The standard InChI is InChI=1S/C16H18N/c1-4-6-10-14-17(3,13-5-2)15-16-11-8-7-9-12-16/h2,4,7-9,11-12H,1,13-15H2,3H3/q+1/t17-/m0/s1. The second kappa shape index (κ2) is 6.59. The maximum Gasteiger partial charge on any atom is 0.142 e. The molecule has 0 aliphatic carbocycles. The lowest BCUT2D eigenvalue weighted by molar-refractivity contribution is -0.909. The van der Waals surface area contributed by atoms with Gasteiger partial charge in [0.05, 0.1) is 7.05 Å². The third kappa shape index (κ3) is 4.60. The molecule has 0 bridgehead atoms. The number of nitrogens with zero attached hydrogens (tertiary/aromatic N) is 1. The molecule has 0 heterocycles. The Morgan fingerprint density at radius 3 is 2.59 bits per heavy atom. The molecule has 0 unspecified atom stereocenters. The zero-order chi connectivity index (χ0) is 12.6. The van der Waals surface area contributed by atoms with Crippen LogP contribution in [0.2, 0.25) is 0 Å². The molecular weight excluding hydrogens is 206 g/mol. The van der Waals surface area contributed by atoms with E-state index in [1.165, 1.54) is 5.56 Å². The second-order valence-electron chi connectivity index (χ2n) is 4.31. The van der Waals surface area contributed by atoms with E-state index in [0.29, 0.717) is 6.54 Å². The third-order valence-electron chi connectivity index (χ3n) is 2.55. The Morgan fingerprint density at radius 1 is 1.29 bits per heavy atom. The first-order valence-corrected chi connectivity index (χ1v) is 5.60. The molecule has 1 nitrogen and oxygen atoms in total. The van der Waals surface area contributed by atoms with Crippen LogP contribution in [-0.4, -0.2) is 24.6 Å². The van der Waals surface area contributed by atoms with Crippen molar-refractivity contribution < 1.29 is 4.48 Å². The first-order valence-electron chi connectivity index (χ1n) is 5.60. The van der Waals surface area contributed by atoms with Gasteiger partial charge in [0.2, 0.25) is 0 Å². The van der Waals surface area contributed by atoms with Gasteiger partial charge in [-0.2, -0.15) is 0 Å². The monoisotopic (exact) mass is 224 g/mol. The SMILES string of the molecule is C#CC[N@@+](C)(CC#CC=C)Cc1ccccc1. The molecule has 0 amide bonds. The zero-order valence-electron chi connectivity index (χ0n) is 10.3. The van der Waals surface area contributed by atoms with Gasteiger partial charge in [-0.15, -0.1) is 6.42 Å². The number of allylic oxidation sites excluding steroid dienone is 1. The summed E-state index contributed by atoms with van der Waals surface area (Å²) < 4.78 is 0.737. The molecule has 1 heteroatoms. The molecule has 0 N–H and O–H groups in total. The number of benzene rings is 1. The Kier molecular flexibility index (Phi) is 5.08. The summed E-state index contributed by atoms with van der Waals surface area (Å²) in [6.07, 6.45) is 7.05. The fourth-order valence-electron chi connectivity index (χ4n) is 1.72. The van der Waals surface area contributed by atoms with Crippen LogP contribution in [0, 0.1) is 24.2 Å². The van der Waals surface area contributed by atoms with Crippen LogP contribution in [0.25, 0.3) is 0 Å². The minimum atomic E-state index is 0.681. The topological polar surface area (TPSA) is 0 Å². The number of quaternary nitrogens is 1. The maximum atomic E-state index is 5.44. The van der Waals surface area contributed by atoms with Gasteiger partial charge in [0.1, 0.15) is 19.6 Å². The van der Waals surface area contributed by atoms with Crippen LogP contribution in [0.1, 0.15) is 5.56 Å². The Balaban J connectivity index is 2.78. The lowest BCUT2D eigenvalue weighted by Gasteiger charge is -2.30. The highest BCUT2D eigenvalue weighted by Gasteiger charge is 2.19. The van der Waals surface area contributed by atoms with Crippen LogP contribution in [0.4, 0.5) is 0 Å². The van der Waals surface area contributed by atoms with E-state index in [2.05, 4.69) is 43.5 Å². The first-order chi connectivity index (χ1) is 8.20. The molecule has 86 valence electrons. The summed E-state index contributed by atoms with van der Waals surface area (Å²) in [5.74, 6) is 8.70. The molecule has 0 fully saturated rings. The first kappa shape index (κ1) is 13.1. The van der Waals surface area contributed by atoms with Crippen molar-refractivity contribution >= 4 is 0 Å². The minimum Gasteiger partial charge on any atom is -0.302 e. The lowest BCUT2D eigenvalue weighted by Crippen LogP contribution is -2.43. The van der Waals surface area contributed by atoms with E-state index in [0.717, 1.165) is 17.6 Å². The van der Waals surface area contributed by atoms with Crippen LogP contribution in [0.15, 0.2) is 43.0 Å². The molecule has 1 aromatic rings. The molecule has 0 radical (unpaired) electrons. The Morgan fingerprint density at radius 2 is 2.00 bits per heavy atom. The fourth-order valence-corrected chi connectivity index (χ4v) is 1.72. The number of hydrogen-bond acceptors (Lipinski definition) is 0. The van der Waals surface area contributed by atoms with E-state index in [1.807, 2.05) is 18.2 Å². The Labute approximate surface area is 104 Å². The molecule has 0 aromatic heterocycles. The maximum absolute atomic E-state index is 5.44. The van der Waals surface area contributed by atoms with Gasteiger partial charge < -0.3 is 4.48 Å². The van der Waals surface area contributed by atoms with E-state index < -0.39 is 0 Å². The van der Waals surface area contributed by atoms with Crippen molar-refractivity contribution in [2.45, 2.75) is 6.54 Å². The normalized spacial score (nSPS) is 12.7. The second-order valence-corrected chi connectivity index (χ2v) is 4.31. The van der Waals surface area contributed by atoms with Crippen molar-refractivity contribution in [3.05, 3.63) is 48.6 Å². The van der Waals surface area contributed by atoms with Crippen LogP contribution in [-0.2, 0) is 6.54 Å². The van der Waals surface area contributed by atoms with Crippen LogP contribution >= 0.6 is 0 Å². The summed E-state index contributed by atoms with van der Waals surface area (Å²) >= 11 is 0. The van der Waals surface area contributed by atoms with Crippen molar-refractivity contribution in [3.63, 3.8) is 0 Å². The molecule has 1 aromatic carbocycles. The molecule has 1 atom stereocenters. The van der Waals surface area contributed by atoms with Crippen molar-refractivity contribution in [3.8, 4) is 24.2 Å². The van der Waals surface area contributed by atoms with Gasteiger partial charge in [-0.05, 0) is 17.9 Å². The van der Waals surface area contributed by atoms with Crippen LogP contribution < -0.4 is 0 Å². The molecule has 0 saturated heterocycles. The van der Waals surface area contributed by atoms with Gasteiger partial charge in [0.25, 0.3) is 0 Å². The molecule has 0 aliphatic rings. The molecular formula is C16H18N+. The molecule has 0 saturated carbocycles. The van der Waals surface area contributed by atoms with E-state index in [4.69, 9.17) is 6.42 Å². The number of hydrogen-bond donors (Lipinski definition) is 0. The Bertz CT molecular complexity index is 456. The third-order valence-corrected chi connectivity index (χ3v) is 2.55. The van der Waals surface area contributed by atoms with Gasteiger partial charge in [-0.1, -0.05) is 42.8 Å². The highest BCUT2D eigenvalue weighted by atomic mass is 15.3. The molecule has 1 rings (SSSR count). The van der Waals surface area contributed by atoms with E-state index in [1.54, 1.807) is 6.08 Å². The largest absolute Gasteiger partial charge is 0.302 e. The van der Waals surface area contributed by atoms with Crippen molar-refractivity contribution in [1.29, 1.82) is 0 Å². The lowest BCUT2D eigenvalue weighted by atomic mass is 10.2. The summed E-state index contributed by atoms with van der Waals surface area (Å²) in [5, 5.41) is 0. The average Bonchev–Trinajstić information content (AvgIpc) is 2.31. The van der Waals surface area contributed by atoms with E-state index in [-0.39, 0.29) is 0 Å². The predicted molar refractivity (Wildman–Crippen MR) is 72.9 cm³/mol. The summed E-state index contributed by atoms with van der Waals surface area (Å²) in [6.45, 7) is 5.91. The fraction of sp³-hybridized carbons (Fsp3) is 0.250. The van der Waals surface area contributed by atoms with Crippen molar-refractivity contribution in [1.82, 2.24) is 0 Å². The quantitative estimate of drug-likeness (QED) is 0.544. The Hall–Kier alpha value is -1.96. The van der Waals surface area contributed by atoms with Gasteiger partial charge in [-0.25, -0.2) is 0 Å². The smallest absolute Gasteiger partial charge is 0.142 e. The van der Waals surface area contributed by atoms with E-state index >= 15 is 0 Å². The van der Waals surface area contributed by atoms with Crippen molar-refractivity contribution in [2.75, 3.05) is 20.1 Å². The summed E-state index contributed by atoms with van der Waals surface area (Å²) in [4.78, 5) is 0. The van der Waals surface area contributed by atoms with Gasteiger partial charge in [0, 0.05) is 5.56 Å². The highest BCUT2D eigenvalue weighted by molar-refractivity contribution is 5.15. The highest BCUT2D eigenvalue weighted by Crippen LogP contribution is 2.10. The number of terminal acetylenes is 1. The molecule has 0 spiro atoms. The van der Waals surface area contributed by atoms with Gasteiger partial charge >= 0.3 is 0 Å². The number of rotatable bonds is 4. The zero-order valence-corrected chi connectivity index (χ0v) is 10.3. The summed E-state index contributed by atoms with van der Waals surface area (Å²) in [5.41, 5.74) is 1.28. The summed E-state index contributed by atoms with van der Waals surface area (Å²) in [7, 11) is 2.13. The van der Waals surface area contributed by atoms with Gasteiger partial charge in [0.15, 0.2) is 0 Å².